The molecule has 9 heteroatoms. The Morgan fingerprint density at radius 2 is 1.73 bits per heavy atom. The summed E-state index contributed by atoms with van der Waals surface area (Å²) >= 11 is 0. The largest absolute Gasteiger partial charge is 0.481 e. The molecule has 40 heavy (non-hydrogen) atoms. The van der Waals surface area contributed by atoms with Gasteiger partial charge in [-0.3, -0.25) is 9.78 Å². The number of aromatic nitrogens is 5. The lowest BCUT2D eigenvalue weighted by atomic mass is 9.89. The molecule has 1 amide bonds. The van der Waals surface area contributed by atoms with E-state index in [-0.39, 0.29) is 5.91 Å². The number of nitrogens with one attached hydrogen (secondary N) is 1. The Morgan fingerprint density at radius 1 is 0.975 bits per heavy atom. The van der Waals surface area contributed by atoms with Crippen LogP contribution in [0.5, 0.6) is 5.88 Å². The lowest BCUT2D eigenvalue weighted by Crippen LogP contribution is -2.38. The van der Waals surface area contributed by atoms with E-state index in [1.54, 1.807) is 13.3 Å². The molecule has 1 saturated heterocycles. The molecule has 1 N–H and O–H groups in total. The second-order valence-electron chi connectivity index (χ2n) is 11.1. The Morgan fingerprint density at radius 3 is 2.45 bits per heavy atom. The molecule has 0 atom stereocenters. The van der Waals surface area contributed by atoms with Gasteiger partial charge in [0, 0.05) is 71.8 Å². The van der Waals surface area contributed by atoms with Gasteiger partial charge in [0.25, 0.3) is 5.91 Å². The van der Waals surface area contributed by atoms with Gasteiger partial charge in [-0.05, 0) is 69.2 Å². The van der Waals surface area contributed by atoms with Crippen molar-refractivity contribution in [2.75, 3.05) is 25.5 Å². The van der Waals surface area contributed by atoms with E-state index in [1.807, 2.05) is 49.2 Å². The number of hydrogen-bond acceptors (Lipinski definition) is 7. The molecule has 0 unspecified atom stereocenters. The number of pyridine rings is 2. The van der Waals surface area contributed by atoms with Gasteiger partial charge in [-0.15, -0.1) is 0 Å². The second kappa shape index (κ2) is 11.2. The van der Waals surface area contributed by atoms with E-state index in [2.05, 4.69) is 26.0 Å². The van der Waals surface area contributed by atoms with Crippen molar-refractivity contribution in [1.82, 2.24) is 29.4 Å². The fourth-order valence-corrected chi connectivity index (χ4v) is 6.34. The number of aryl methyl sites for hydroxylation is 2. The molecule has 2 fully saturated rings. The highest BCUT2D eigenvalue weighted by Gasteiger charge is 2.29. The van der Waals surface area contributed by atoms with E-state index in [0.29, 0.717) is 23.8 Å². The lowest BCUT2D eigenvalue weighted by Gasteiger charge is -2.32. The normalized spacial score (nSPS) is 16.8. The third-order valence-electron chi connectivity index (χ3n) is 8.32. The summed E-state index contributed by atoms with van der Waals surface area (Å²) in [7, 11) is 1.61. The van der Waals surface area contributed by atoms with Crippen LogP contribution in [0.3, 0.4) is 0 Å². The molecule has 0 aromatic carbocycles. The molecule has 6 rings (SSSR count). The summed E-state index contributed by atoms with van der Waals surface area (Å²) in [4.78, 5) is 33.6. The Balaban J connectivity index is 1.26. The average Bonchev–Trinajstić information content (AvgIpc) is 3.36. The number of ether oxygens (including phenoxy) is 1. The van der Waals surface area contributed by atoms with Gasteiger partial charge in [0.15, 0.2) is 0 Å². The zero-order valence-electron chi connectivity index (χ0n) is 23.6. The zero-order chi connectivity index (χ0) is 27.6. The smallest absolute Gasteiger partial charge is 0.253 e. The molecular formula is C31H37N7O2. The SMILES string of the molecule is COc1cc(Nc2ncc3c(C4CCN(C(=O)c5cc(C)nc(C)c5)CC4)cn(C4CCCCC4)c3n2)ccn1. The van der Waals surface area contributed by atoms with E-state index in [0.717, 1.165) is 59.6 Å². The molecule has 0 radical (unpaired) electrons. The molecule has 4 aromatic heterocycles. The molecular weight excluding hydrogens is 502 g/mol. The number of nitrogens with zero attached hydrogens (tertiary/aromatic N) is 6. The molecule has 9 nitrogen and oxygen atoms in total. The summed E-state index contributed by atoms with van der Waals surface area (Å²) in [6.45, 7) is 5.36. The van der Waals surface area contributed by atoms with Crippen molar-refractivity contribution in [3.8, 4) is 5.88 Å². The van der Waals surface area contributed by atoms with Gasteiger partial charge >= 0.3 is 0 Å². The van der Waals surface area contributed by atoms with Crippen molar-refractivity contribution in [1.29, 1.82) is 0 Å². The maximum Gasteiger partial charge on any atom is 0.253 e. The maximum atomic E-state index is 13.3. The number of carbonyl (C=O) groups is 1. The van der Waals surface area contributed by atoms with Gasteiger partial charge in [0.05, 0.1) is 7.11 Å². The van der Waals surface area contributed by atoms with Crippen molar-refractivity contribution >= 4 is 28.6 Å². The number of piperidine rings is 1. The maximum absolute atomic E-state index is 13.3. The predicted molar refractivity (Wildman–Crippen MR) is 155 cm³/mol. The molecule has 5 heterocycles. The van der Waals surface area contributed by atoms with E-state index in [9.17, 15) is 4.79 Å². The molecule has 1 aliphatic carbocycles. The van der Waals surface area contributed by atoms with Crippen LogP contribution in [-0.2, 0) is 0 Å². The minimum absolute atomic E-state index is 0.100. The van der Waals surface area contributed by atoms with Crippen LogP contribution in [0.15, 0.2) is 42.9 Å². The van der Waals surface area contributed by atoms with Gasteiger partial charge < -0.3 is 19.5 Å². The van der Waals surface area contributed by atoms with Crippen LogP contribution in [0.25, 0.3) is 11.0 Å². The quantitative estimate of drug-likeness (QED) is 0.315. The van der Waals surface area contributed by atoms with Crippen LogP contribution in [0.1, 0.15) is 84.2 Å². The lowest BCUT2D eigenvalue weighted by molar-refractivity contribution is 0.0713. The molecule has 4 aromatic rings. The Kier molecular flexibility index (Phi) is 7.36. The van der Waals surface area contributed by atoms with Gasteiger partial charge in [-0.25, -0.2) is 9.97 Å². The monoisotopic (exact) mass is 539 g/mol. The van der Waals surface area contributed by atoms with E-state index in [4.69, 9.17) is 14.7 Å². The first-order valence-corrected chi connectivity index (χ1v) is 14.4. The molecule has 1 saturated carbocycles. The van der Waals surface area contributed by atoms with Gasteiger partial charge in [-0.1, -0.05) is 19.3 Å². The standard InChI is InChI=1S/C31H37N7O2/c1-20-15-23(16-21(2)34-20)30(39)37-13-10-22(11-14-37)27-19-38(25-7-5-4-6-8-25)29-26(27)18-33-31(36-29)35-24-9-12-32-28(17-24)40-3/h9,12,15-19,22,25H,4-8,10-11,13-14H2,1-3H3,(H,32,33,35,36). The molecule has 0 bridgehead atoms. The fraction of sp³-hybridized carbons (Fsp3) is 0.452. The van der Waals surface area contributed by atoms with Gasteiger partial charge in [0.2, 0.25) is 11.8 Å². The number of amides is 1. The van der Waals surface area contributed by atoms with Crippen LogP contribution in [0, 0.1) is 13.8 Å². The van der Waals surface area contributed by atoms with Gasteiger partial charge in [-0.2, -0.15) is 4.98 Å². The third kappa shape index (κ3) is 5.37. The van der Waals surface area contributed by atoms with Crippen molar-refractivity contribution < 1.29 is 9.53 Å². The number of anilines is 2. The highest BCUT2D eigenvalue weighted by Crippen LogP contribution is 2.38. The highest BCUT2D eigenvalue weighted by molar-refractivity contribution is 5.94. The first-order chi connectivity index (χ1) is 19.5. The first kappa shape index (κ1) is 26.2. The first-order valence-electron chi connectivity index (χ1n) is 14.4. The number of fused-ring (bicyclic) bond motifs is 1. The number of hydrogen-bond donors (Lipinski definition) is 1. The van der Waals surface area contributed by atoms with Crippen molar-refractivity contribution in [3.63, 3.8) is 0 Å². The van der Waals surface area contributed by atoms with Crippen LogP contribution < -0.4 is 10.1 Å². The Labute approximate surface area is 235 Å². The summed E-state index contributed by atoms with van der Waals surface area (Å²) in [6.07, 6.45) is 14.0. The summed E-state index contributed by atoms with van der Waals surface area (Å²) in [5.41, 5.74) is 5.62. The van der Waals surface area contributed by atoms with Gasteiger partial charge in [0.1, 0.15) is 5.65 Å². The number of carbonyl (C=O) groups excluding carboxylic acids is 1. The molecule has 2 aliphatic rings. The van der Waals surface area contributed by atoms with E-state index < -0.39 is 0 Å². The predicted octanol–water partition coefficient (Wildman–Crippen LogP) is 6.12. The number of methoxy groups -OCH3 is 1. The van der Waals surface area contributed by atoms with Crippen LogP contribution in [0.4, 0.5) is 11.6 Å². The van der Waals surface area contributed by atoms with E-state index in [1.165, 1.54) is 37.7 Å². The molecule has 0 spiro atoms. The third-order valence-corrected chi connectivity index (χ3v) is 8.32. The Bertz CT molecular complexity index is 1500. The van der Waals surface area contributed by atoms with Crippen molar-refractivity contribution in [2.24, 2.45) is 0 Å². The van der Waals surface area contributed by atoms with Crippen molar-refractivity contribution in [3.05, 3.63) is 65.4 Å². The second-order valence-corrected chi connectivity index (χ2v) is 11.1. The van der Waals surface area contributed by atoms with Crippen LogP contribution in [-0.4, -0.2) is 55.5 Å². The summed E-state index contributed by atoms with van der Waals surface area (Å²) in [5.74, 6) is 1.57. The highest BCUT2D eigenvalue weighted by atomic mass is 16.5. The Hall–Kier alpha value is -4.01. The summed E-state index contributed by atoms with van der Waals surface area (Å²) < 4.78 is 7.67. The zero-order valence-corrected chi connectivity index (χ0v) is 23.6. The average molecular weight is 540 g/mol. The van der Waals surface area contributed by atoms with E-state index >= 15 is 0 Å². The number of likely N-dealkylation sites (tertiary alicyclic amines) is 1. The number of rotatable bonds is 6. The van der Waals surface area contributed by atoms with Crippen LogP contribution >= 0.6 is 0 Å². The molecule has 208 valence electrons. The minimum Gasteiger partial charge on any atom is -0.481 e. The van der Waals surface area contributed by atoms with Crippen molar-refractivity contribution in [2.45, 2.75) is 70.8 Å². The summed E-state index contributed by atoms with van der Waals surface area (Å²) in [6, 6.07) is 7.95. The topological polar surface area (TPSA) is 98.1 Å². The summed E-state index contributed by atoms with van der Waals surface area (Å²) in [5, 5.41) is 4.45. The van der Waals surface area contributed by atoms with Crippen LogP contribution in [0.2, 0.25) is 0 Å². The fourth-order valence-electron chi connectivity index (χ4n) is 6.34. The minimum atomic E-state index is 0.100. The molecule has 1 aliphatic heterocycles.